The molecular weight excluding hydrogens is 386 g/mol. The molecule has 0 aromatic heterocycles. The zero-order valence-electron chi connectivity index (χ0n) is 20.3. The quantitative estimate of drug-likeness (QED) is 0.116. The largest absolute Gasteiger partial charge is 0.464 e. The first kappa shape index (κ1) is 27.7. The zero-order valence-corrected chi connectivity index (χ0v) is 20.3. The maximum absolute atomic E-state index is 11.8. The van der Waals surface area contributed by atoms with Crippen LogP contribution in [0.5, 0.6) is 0 Å². The van der Waals surface area contributed by atoms with Crippen molar-refractivity contribution in [2.75, 3.05) is 6.61 Å². The number of amides is 1. The average molecular weight is 436 g/mol. The van der Waals surface area contributed by atoms with Crippen molar-refractivity contribution >= 4 is 11.9 Å². The number of allylic oxidation sites excluding steroid dienone is 2. The molecule has 180 valence electrons. The third-order valence-electron chi connectivity index (χ3n) is 6.18. The number of rotatable bonds is 21. The summed E-state index contributed by atoms with van der Waals surface area (Å²) in [7, 11) is 0. The molecule has 1 heterocycles. The second-order valence-electron chi connectivity index (χ2n) is 9.18. The fourth-order valence-corrected chi connectivity index (χ4v) is 4.12. The molecule has 1 atom stereocenters. The molecule has 4 heteroatoms. The lowest BCUT2D eigenvalue weighted by Crippen LogP contribution is -2.34. The van der Waals surface area contributed by atoms with Gasteiger partial charge >= 0.3 is 5.97 Å². The Bertz CT molecular complexity index is 475. The number of unbranched alkanes of at least 4 members (excludes halogenated alkanes) is 16. The molecule has 1 rings (SSSR count). The predicted octanol–water partition coefficient (Wildman–Crippen LogP) is 7.41. The lowest BCUT2D eigenvalue weighted by molar-refractivity contribution is -0.146. The topological polar surface area (TPSA) is 55.4 Å². The Hall–Kier alpha value is -1.32. The van der Waals surface area contributed by atoms with Crippen LogP contribution < -0.4 is 5.32 Å². The van der Waals surface area contributed by atoms with Crippen molar-refractivity contribution in [3.05, 3.63) is 12.2 Å². The van der Waals surface area contributed by atoms with E-state index >= 15 is 0 Å². The van der Waals surface area contributed by atoms with Gasteiger partial charge in [0, 0.05) is 6.42 Å². The van der Waals surface area contributed by atoms with Gasteiger partial charge in [-0.1, -0.05) is 103 Å². The molecule has 1 amide bonds. The molecule has 0 unspecified atom stereocenters. The SMILES string of the molecule is CCCCCCCCC/C=C/CCCCCCCCCCCOC(=O)[C@@H]1CCC(=O)N1. The number of ether oxygens (including phenoxy) is 1. The van der Waals surface area contributed by atoms with Crippen LogP contribution in [0.3, 0.4) is 0 Å². The fourth-order valence-electron chi connectivity index (χ4n) is 4.12. The van der Waals surface area contributed by atoms with Gasteiger partial charge in [-0.2, -0.15) is 0 Å². The summed E-state index contributed by atoms with van der Waals surface area (Å²) in [4.78, 5) is 22.9. The second kappa shape index (κ2) is 20.6. The lowest BCUT2D eigenvalue weighted by atomic mass is 10.1. The van der Waals surface area contributed by atoms with E-state index in [-0.39, 0.29) is 11.9 Å². The van der Waals surface area contributed by atoms with Gasteiger partial charge in [0.15, 0.2) is 0 Å². The minimum Gasteiger partial charge on any atom is -0.464 e. The Balaban J connectivity index is 1.72. The van der Waals surface area contributed by atoms with Gasteiger partial charge in [0.05, 0.1) is 6.61 Å². The standard InChI is InChI=1S/C27H49NO3/c1-2-3-4-5-6-7-8-9-10-11-12-13-14-15-16-17-18-19-20-21-24-31-27(30)25-22-23-26(29)28-25/h10-11,25H,2-9,12-24H2,1H3,(H,28,29)/b11-10+/t25-/m0/s1. The van der Waals surface area contributed by atoms with Crippen LogP contribution >= 0.6 is 0 Å². The van der Waals surface area contributed by atoms with Gasteiger partial charge in [0.2, 0.25) is 5.91 Å². The number of nitrogens with one attached hydrogen (secondary N) is 1. The van der Waals surface area contributed by atoms with E-state index in [1.165, 1.54) is 103 Å². The Kier molecular flexibility index (Phi) is 18.4. The summed E-state index contributed by atoms with van der Waals surface area (Å²) in [5.74, 6) is -0.310. The summed E-state index contributed by atoms with van der Waals surface area (Å²) in [5.41, 5.74) is 0. The first-order valence-electron chi connectivity index (χ1n) is 13.3. The van der Waals surface area contributed by atoms with Crippen molar-refractivity contribution in [1.29, 1.82) is 0 Å². The molecule has 0 aromatic rings. The number of hydrogen-bond acceptors (Lipinski definition) is 3. The van der Waals surface area contributed by atoms with Gasteiger partial charge in [0.25, 0.3) is 0 Å². The van der Waals surface area contributed by atoms with E-state index in [4.69, 9.17) is 4.74 Å². The third kappa shape index (κ3) is 17.0. The minimum atomic E-state index is -0.409. The van der Waals surface area contributed by atoms with E-state index in [0.29, 0.717) is 19.4 Å². The maximum atomic E-state index is 11.8. The van der Waals surface area contributed by atoms with Gasteiger partial charge in [0.1, 0.15) is 6.04 Å². The predicted molar refractivity (Wildman–Crippen MR) is 130 cm³/mol. The highest BCUT2D eigenvalue weighted by Gasteiger charge is 2.28. The van der Waals surface area contributed by atoms with Gasteiger partial charge < -0.3 is 10.1 Å². The average Bonchev–Trinajstić information content (AvgIpc) is 3.21. The minimum absolute atomic E-state index is 0.0442. The highest BCUT2D eigenvalue weighted by atomic mass is 16.5. The lowest BCUT2D eigenvalue weighted by Gasteiger charge is -2.09. The number of carbonyl (C=O) groups excluding carboxylic acids is 2. The molecule has 1 fully saturated rings. The molecule has 0 saturated carbocycles. The first-order valence-corrected chi connectivity index (χ1v) is 13.3. The molecule has 0 radical (unpaired) electrons. The van der Waals surface area contributed by atoms with Crippen molar-refractivity contribution < 1.29 is 14.3 Å². The molecule has 0 spiro atoms. The van der Waals surface area contributed by atoms with Crippen LogP contribution in [0.25, 0.3) is 0 Å². The van der Waals surface area contributed by atoms with Crippen molar-refractivity contribution in [3.63, 3.8) is 0 Å². The summed E-state index contributed by atoms with van der Waals surface area (Å²) < 4.78 is 5.25. The van der Waals surface area contributed by atoms with Crippen LogP contribution in [0.4, 0.5) is 0 Å². The molecule has 1 aliphatic heterocycles. The number of carbonyl (C=O) groups is 2. The van der Waals surface area contributed by atoms with Gasteiger partial charge in [-0.25, -0.2) is 4.79 Å². The van der Waals surface area contributed by atoms with Crippen molar-refractivity contribution in [2.45, 2.75) is 141 Å². The molecule has 0 aliphatic carbocycles. The van der Waals surface area contributed by atoms with Crippen LogP contribution in [0.15, 0.2) is 12.2 Å². The molecule has 1 saturated heterocycles. The molecule has 0 bridgehead atoms. The van der Waals surface area contributed by atoms with Gasteiger partial charge in [-0.15, -0.1) is 0 Å². The third-order valence-corrected chi connectivity index (χ3v) is 6.18. The van der Waals surface area contributed by atoms with Gasteiger partial charge in [-0.3, -0.25) is 4.79 Å². The highest BCUT2D eigenvalue weighted by Crippen LogP contribution is 2.13. The van der Waals surface area contributed by atoms with Crippen LogP contribution in [-0.4, -0.2) is 24.5 Å². The fraction of sp³-hybridized carbons (Fsp3) is 0.852. The Morgan fingerprint density at radius 2 is 1.29 bits per heavy atom. The monoisotopic (exact) mass is 435 g/mol. The van der Waals surface area contributed by atoms with E-state index in [1.54, 1.807) is 0 Å². The summed E-state index contributed by atoms with van der Waals surface area (Å²) in [5, 5.41) is 2.65. The summed E-state index contributed by atoms with van der Waals surface area (Å²) >= 11 is 0. The highest BCUT2D eigenvalue weighted by molar-refractivity contribution is 5.87. The summed E-state index contributed by atoms with van der Waals surface area (Å²) in [6, 6.07) is -0.409. The molecule has 4 nitrogen and oxygen atoms in total. The Morgan fingerprint density at radius 3 is 1.77 bits per heavy atom. The first-order chi connectivity index (χ1) is 15.2. The Morgan fingerprint density at radius 1 is 0.806 bits per heavy atom. The summed E-state index contributed by atoms with van der Waals surface area (Å²) in [6.07, 6.45) is 29.4. The van der Waals surface area contributed by atoms with Crippen molar-refractivity contribution in [1.82, 2.24) is 5.32 Å². The van der Waals surface area contributed by atoms with Crippen molar-refractivity contribution in [2.24, 2.45) is 0 Å². The number of esters is 1. The molecular formula is C27H49NO3. The maximum Gasteiger partial charge on any atom is 0.328 e. The van der Waals surface area contributed by atoms with Crippen LogP contribution in [0, 0.1) is 0 Å². The summed E-state index contributed by atoms with van der Waals surface area (Å²) in [6.45, 7) is 2.76. The smallest absolute Gasteiger partial charge is 0.328 e. The van der Waals surface area contributed by atoms with Crippen LogP contribution in [-0.2, 0) is 14.3 Å². The van der Waals surface area contributed by atoms with E-state index in [1.807, 2.05) is 0 Å². The van der Waals surface area contributed by atoms with E-state index in [9.17, 15) is 9.59 Å². The van der Waals surface area contributed by atoms with E-state index in [0.717, 1.165) is 12.8 Å². The normalized spacial score (nSPS) is 16.2. The molecule has 1 N–H and O–H groups in total. The van der Waals surface area contributed by atoms with Crippen LogP contribution in [0.1, 0.15) is 135 Å². The molecule has 31 heavy (non-hydrogen) atoms. The van der Waals surface area contributed by atoms with Crippen LogP contribution in [0.2, 0.25) is 0 Å². The van der Waals surface area contributed by atoms with Gasteiger partial charge in [-0.05, 0) is 38.5 Å². The molecule has 1 aliphatic rings. The zero-order chi connectivity index (χ0) is 22.4. The van der Waals surface area contributed by atoms with Crippen molar-refractivity contribution in [3.8, 4) is 0 Å². The van der Waals surface area contributed by atoms with E-state index < -0.39 is 6.04 Å². The Labute approximate surface area is 192 Å². The second-order valence-corrected chi connectivity index (χ2v) is 9.18. The molecule has 0 aromatic carbocycles. The number of hydrogen-bond donors (Lipinski definition) is 1. The van der Waals surface area contributed by atoms with E-state index in [2.05, 4.69) is 24.4 Å².